The maximum Gasteiger partial charge on any atom is 0.280 e. The number of thiazole rings is 1. The van der Waals surface area contributed by atoms with E-state index in [1.54, 1.807) is 24.5 Å². The van der Waals surface area contributed by atoms with Crippen molar-refractivity contribution < 1.29 is 18.7 Å². The standard InChI is InChI=1S/C20H14F2N4O3S/c21-13-2-1-11(8-14(13)22)7-12-15(27)16-17(25-18(12)28)26-20(30-16)19(29)24-9-10-3-5-23-6-4-10/h1-6,8H,7,9H2,(H,24,29)(H2,25,27,28). The first-order valence-electron chi connectivity index (χ1n) is 8.78. The average molecular weight is 428 g/mol. The number of nitrogens with zero attached hydrogens (tertiary/aromatic N) is 2. The van der Waals surface area contributed by atoms with Gasteiger partial charge >= 0.3 is 0 Å². The number of rotatable bonds is 5. The monoisotopic (exact) mass is 428 g/mol. The van der Waals surface area contributed by atoms with Crippen molar-refractivity contribution in [1.29, 1.82) is 0 Å². The molecule has 0 radical (unpaired) electrons. The molecule has 0 aliphatic carbocycles. The van der Waals surface area contributed by atoms with Gasteiger partial charge in [-0.25, -0.2) is 13.8 Å². The number of benzene rings is 1. The van der Waals surface area contributed by atoms with Gasteiger partial charge in [0.25, 0.3) is 11.5 Å². The fraction of sp³-hybridized carbons (Fsp3) is 0.100. The lowest BCUT2D eigenvalue weighted by Gasteiger charge is -2.05. The number of hydrogen-bond acceptors (Lipinski definition) is 6. The summed E-state index contributed by atoms with van der Waals surface area (Å²) in [7, 11) is 0. The lowest BCUT2D eigenvalue weighted by Crippen LogP contribution is -2.22. The fourth-order valence-electron chi connectivity index (χ4n) is 2.87. The Kier molecular flexibility index (Phi) is 5.23. The lowest BCUT2D eigenvalue weighted by atomic mass is 10.1. The Labute approximate surface area is 172 Å². The minimum absolute atomic E-state index is 0.0269. The average Bonchev–Trinajstić information content (AvgIpc) is 3.17. The summed E-state index contributed by atoms with van der Waals surface area (Å²) in [6.45, 7) is 0.265. The number of carbonyl (C=O) groups excluding carboxylic acids is 1. The van der Waals surface area contributed by atoms with Gasteiger partial charge in [0.1, 0.15) is 10.4 Å². The van der Waals surface area contributed by atoms with E-state index >= 15 is 0 Å². The Morgan fingerprint density at radius 2 is 1.90 bits per heavy atom. The predicted molar refractivity (Wildman–Crippen MR) is 106 cm³/mol. The van der Waals surface area contributed by atoms with Gasteiger partial charge in [-0.15, -0.1) is 11.3 Å². The van der Waals surface area contributed by atoms with E-state index in [1.165, 1.54) is 6.07 Å². The second kappa shape index (κ2) is 7.99. The van der Waals surface area contributed by atoms with E-state index in [1.807, 2.05) is 0 Å². The number of pyridine rings is 2. The first-order chi connectivity index (χ1) is 14.4. The fourth-order valence-corrected chi connectivity index (χ4v) is 3.77. The number of aromatic amines is 1. The number of amides is 1. The van der Waals surface area contributed by atoms with E-state index in [0.29, 0.717) is 5.56 Å². The van der Waals surface area contributed by atoms with Gasteiger partial charge in [-0.2, -0.15) is 0 Å². The molecule has 4 rings (SSSR count). The molecule has 4 aromatic rings. The van der Waals surface area contributed by atoms with Gasteiger partial charge in [-0.1, -0.05) is 6.07 Å². The van der Waals surface area contributed by atoms with E-state index in [-0.39, 0.29) is 39.6 Å². The third-order valence-corrected chi connectivity index (χ3v) is 5.46. The summed E-state index contributed by atoms with van der Waals surface area (Å²) < 4.78 is 26.8. The molecule has 0 bridgehead atoms. The number of halogens is 2. The lowest BCUT2D eigenvalue weighted by molar-refractivity contribution is 0.0950. The summed E-state index contributed by atoms with van der Waals surface area (Å²) in [4.78, 5) is 35.3. The number of fused-ring (bicyclic) bond motifs is 1. The van der Waals surface area contributed by atoms with Gasteiger partial charge in [-0.05, 0) is 35.4 Å². The number of aromatic hydroxyl groups is 1. The zero-order valence-electron chi connectivity index (χ0n) is 15.3. The molecule has 30 heavy (non-hydrogen) atoms. The van der Waals surface area contributed by atoms with Crippen molar-refractivity contribution in [1.82, 2.24) is 20.3 Å². The van der Waals surface area contributed by atoms with Crippen molar-refractivity contribution in [3.05, 3.63) is 86.4 Å². The normalized spacial score (nSPS) is 11.0. The highest BCUT2D eigenvalue weighted by Crippen LogP contribution is 2.31. The van der Waals surface area contributed by atoms with Crippen molar-refractivity contribution in [2.45, 2.75) is 13.0 Å². The number of carbonyl (C=O) groups is 1. The van der Waals surface area contributed by atoms with Crippen LogP contribution in [0.1, 0.15) is 26.5 Å². The number of nitrogens with one attached hydrogen (secondary N) is 2. The van der Waals surface area contributed by atoms with Crippen molar-refractivity contribution >= 4 is 27.6 Å². The van der Waals surface area contributed by atoms with Crippen LogP contribution < -0.4 is 10.9 Å². The van der Waals surface area contributed by atoms with Gasteiger partial charge in [-0.3, -0.25) is 14.6 Å². The summed E-state index contributed by atoms with van der Waals surface area (Å²) in [6, 6.07) is 6.75. The Hall–Kier alpha value is -3.66. The second-order valence-corrected chi connectivity index (χ2v) is 7.44. The third kappa shape index (κ3) is 3.90. The minimum Gasteiger partial charge on any atom is -0.506 e. The zero-order valence-corrected chi connectivity index (χ0v) is 16.1. The van der Waals surface area contributed by atoms with Crippen LogP contribution in [0.25, 0.3) is 10.3 Å². The summed E-state index contributed by atoms with van der Waals surface area (Å²) in [5.74, 6) is -2.85. The molecule has 0 atom stereocenters. The highest BCUT2D eigenvalue weighted by Gasteiger charge is 2.19. The van der Waals surface area contributed by atoms with E-state index in [2.05, 4.69) is 20.3 Å². The van der Waals surface area contributed by atoms with Crippen LogP contribution in [0.4, 0.5) is 8.78 Å². The van der Waals surface area contributed by atoms with Crippen LogP contribution in [0.15, 0.2) is 47.5 Å². The van der Waals surface area contributed by atoms with Gasteiger partial charge in [0, 0.05) is 25.4 Å². The summed E-state index contributed by atoms with van der Waals surface area (Å²) in [6.07, 6.45) is 3.10. The highest BCUT2D eigenvalue weighted by molar-refractivity contribution is 7.20. The topological polar surface area (TPSA) is 108 Å². The van der Waals surface area contributed by atoms with Crippen LogP contribution in [-0.4, -0.2) is 26.0 Å². The molecule has 0 saturated carbocycles. The Balaban J connectivity index is 1.61. The van der Waals surface area contributed by atoms with Crippen LogP contribution in [0.2, 0.25) is 0 Å². The maximum atomic E-state index is 13.4. The van der Waals surface area contributed by atoms with E-state index in [9.17, 15) is 23.5 Å². The second-order valence-electron chi connectivity index (χ2n) is 6.44. The van der Waals surface area contributed by atoms with Crippen LogP contribution in [0.5, 0.6) is 5.75 Å². The minimum atomic E-state index is -1.05. The maximum absolute atomic E-state index is 13.4. The molecule has 0 unspecified atom stereocenters. The summed E-state index contributed by atoms with van der Waals surface area (Å²) in [5, 5.41) is 13.3. The van der Waals surface area contributed by atoms with Crippen molar-refractivity contribution in [3.8, 4) is 5.75 Å². The quantitative estimate of drug-likeness (QED) is 0.453. The molecule has 0 fully saturated rings. The molecule has 7 nitrogen and oxygen atoms in total. The van der Waals surface area contributed by atoms with Gasteiger partial charge in [0.2, 0.25) is 0 Å². The van der Waals surface area contributed by atoms with E-state index in [0.717, 1.165) is 29.0 Å². The molecule has 3 heterocycles. The molecule has 3 aromatic heterocycles. The van der Waals surface area contributed by atoms with Crippen molar-refractivity contribution in [3.63, 3.8) is 0 Å². The molecule has 152 valence electrons. The number of H-pyrrole nitrogens is 1. The molecular weight excluding hydrogens is 414 g/mol. The molecule has 0 spiro atoms. The van der Waals surface area contributed by atoms with E-state index < -0.39 is 23.1 Å². The van der Waals surface area contributed by atoms with Crippen LogP contribution >= 0.6 is 11.3 Å². The molecule has 10 heteroatoms. The van der Waals surface area contributed by atoms with Crippen molar-refractivity contribution in [2.24, 2.45) is 0 Å². The van der Waals surface area contributed by atoms with Crippen LogP contribution in [0.3, 0.4) is 0 Å². The largest absolute Gasteiger partial charge is 0.506 e. The summed E-state index contributed by atoms with van der Waals surface area (Å²) in [5.41, 5.74) is 0.587. The van der Waals surface area contributed by atoms with Gasteiger partial charge in [0.05, 0.1) is 5.56 Å². The molecule has 3 N–H and O–H groups in total. The highest BCUT2D eigenvalue weighted by atomic mass is 32.1. The smallest absolute Gasteiger partial charge is 0.280 e. The molecule has 0 saturated heterocycles. The van der Waals surface area contributed by atoms with E-state index in [4.69, 9.17) is 0 Å². The SMILES string of the molecule is O=C(NCc1ccncc1)c1nc2[nH]c(=O)c(Cc3ccc(F)c(F)c3)c(O)c2s1. The first kappa shape index (κ1) is 19.6. The molecule has 1 aromatic carbocycles. The first-order valence-corrected chi connectivity index (χ1v) is 9.59. The zero-order chi connectivity index (χ0) is 21.3. The van der Waals surface area contributed by atoms with Gasteiger partial charge in [0.15, 0.2) is 22.3 Å². The molecular formula is C20H14F2N4O3S. The number of aromatic nitrogens is 3. The van der Waals surface area contributed by atoms with Crippen LogP contribution in [0, 0.1) is 11.6 Å². The summed E-state index contributed by atoms with van der Waals surface area (Å²) >= 11 is 0.916. The molecule has 0 aliphatic rings. The van der Waals surface area contributed by atoms with Crippen LogP contribution in [-0.2, 0) is 13.0 Å². The number of hydrogen-bond donors (Lipinski definition) is 3. The molecule has 0 aliphatic heterocycles. The Morgan fingerprint density at radius 3 is 2.63 bits per heavy atom. The molecule has 1 amide bonds. The Bertz CT molecular complexity index is 1300. The van der Waals surface area contributed by atoms with Crippen molar-refractivity contribution in [2.75, 3.05) is 0 Å². The third-order valence-electron chi connectivity index (χ3n) is 4.40. The predicted octanol–water partition coefficient (Wildman–Crippen LogP) is 2.88. The van der Waals surface area contributed by atoms with Gasteiger partial charge < -0.3 is 15.4 Å². The Morgan fingerprint density at radius 1 is 1.13 bits per heavy atom.